The molecule has 0 fully saturated rings. The molecule has 0 saturated heterocycles. The van der Waals surface area contributed by atoms with Crippen LogP contribution < -0.4 is 0 Å². The molecular weight excluding hydrogens is 928 g/mol. The van der Waals surface area contributed by atoms with E-state index in [0.717, 1.165) is 117 Å². The van der Waals surface area contributed by atoms with Crippen LogP contribution in [0.25, 0.3) is 127 Å². The molecule has 3 nitrogen and oxygen atoms in total. The number of rotatable bonds is 8. The molecule has 0 aliphatic rings. The van der Waals surface area contributed by atoms with Gasteiger partial charge in [-0.2, -0.15) is 13.2 Å². The van der Waals surface area contributed by atoms with Gasteiger partial charge >= 0.3 is 6.18 Å². The second-order valence-corrected chi connectivity index (χ2v) is 19.1. The van der Waals surface area contributed by atoms with E-state index < -0.39 is 11.7 Å². The van der Waals surface area contributed by atoms with Crippen LogP contribution in [0.1, 0.15) is 11.1 Å². The van der Waals surface area contributed by atoms with Gasteiger partial charge in [-0.05, 0) is 153 Å². The monoisotopic (exact) mass is 971 g/mol. The Morgan fingerprint density at radius 1 is 0.347 bits per heavy atom. The number of hydrogen-bond donors (Lipinski definition) is 0. The molecule has 13 aromatic rings. The highest BCUT2D eigenvalue weighted by Crippen LogP contribution is 2.48. The maximum Gasteiger partial charge on any atom is 0.416 e. The van der Waals surface area contributed by atoms with Crippen molar-refractivity contribution in [3.63, 3.8) is 0 Å². The minimum Gasteiger partial charge on any atom is -0.310 e. The molecule has 0 unspecified atom stereocenters. The van der Waals surface area contributed by atoms with Gasteiger partial charge in [-0.15, -0.1) is 0 Å². The number of nitrogens with zero attached hydrogens (tertiary/aromatic N) is 3. The number of halogens is 3. The van der Waals surface area contributed by atoms with Gasteiger partial charge in [-0.3, -0.25) is 0 Å². The van der Waals surface area contributed by atoms with Gasteiger partial charge in [0.2, 0.25) is 0 Å². The molecule has 13 rings (SSSR count). The van der Waals surface area contributed by atoms with E-state index in [-0.39, 0.29) is 0 Å². The van der Waals surface area contributed by atoms with Crippen LogP contribution in [0.15, 0.2) is 249 Å². The molecule has 0 bridgehead atoms. The van der Waals surface area contributed by atoms with Crippen molar-refractivity contribution in [2.45, 2.75) is 13.1 Å². The number of hydrogen-bond acceptors (Lipinski definition) is 0. The molecule has 0 amide bonds. The number of benzene rings is 11. The lowest BCUT2D eigenvalue weighted by Gasteiger charge is -2.21. The third-order valence-electron chi connectivity index (χ3n) is 14.7. The topological polar surface area (TPSA) is 14.2 Å². The first-order valence-corrected chi connectivity index (χ1v) is 24.9. The van der Waals surface area contributed by atoms with Crippen LogP contribution in [0.3, 0.4) is 0 Å². The summed E-state index contributed by atoms with van der Waals surface area (Å²) in [6.45, 7) is 10.6. The van der Waals surface area contributed by atoms with Gasteiger partial charge in [0.05, 0.1) is 39.9 Å². The van der Waals surface area contributed by atoms with E-state index in [2.05, 4.69) is 202 Å². The predicted molar refractivity (Wildman–Crippen MR) is 304 cm³/mol. The highest BCUT2D eigenvalue weighted by molar-refractivity contribution is 6.14. The highest BCUT2D eigenvalue weighted by atomic mass is 19.4. The molecule has 2 heterocycles. The first-order chi connectivity index (χ1) is 36.7. The molecule has 0 aliphatic carbocycles. The fraction of sp³-hybridized carbons (Fsp3) is 0.0290. The normalized spacial score (nSPS) is 11.7. The highest BCUT2D eigenvalue weighted by Gasteiger charge is 2.31. The van der Waals surface area contributed by atoms with Crippen LogP contribution in [0.2, 0.25) is 0 Å². The zero-order valence-electron chi connectivity index (χ0n) is 40.6. The third-order valence-corrected chi connectivity index (χ3v) is 14.7. The van der Waals surface area contributed by atoms with Crippen molar-refractivity contribution in [2.75, 3.05) is 0 Å². The SMILES string of the molecule is [C-]#[N+]c1cccc(-n2c3ccc(-c4ccccc4)cc3c3cc(-c4ccccc4)ccc32)c1-c1cc(-c2ccc(C(F)(F)F)cc2C)ccc1-n1c2ccc(-c3ccccc3)cc2c2cc(-c3ccccc3)ccc21. The van der Waals surface area contributed by atoms with Gasteiger partial charge in [-0.1, -0.05) is 170 Å². The number of alkyl halides is 3. The van der Waals surface area contributed by atoms with Crippen molar-refractivity contribution < 1.29 is 13.2 Å². The average Bonchev–Trinajstić information content (AvgIpc) is 3.96. The lowest BCUT2D eigenvalue weighted by molar-refractivity contribution is -0.137. The van der Waals surface area contributed by atoms with Crippen LogP contribution in [0, 0.1) is 13.5 Å². The van der Waals surface area contributed by atoms with Gasteiger partial charge < -0.3 is 9.13 Å². The summed E-state index contributed by atoms with van der Waals surface area (Å²) in [5.74, 6) is 0. The Hall–Kier alpha value is -9.70. The molecule has 11 aromatic carbocycles. The van der Waals surface area contributed by atoms with Crippen LogP contribution >= 0.6 is 0 Å². The fourth-order valence-corrected chi connectivity index (χ4v) is 11.2. The Labute approximate surface area is 432 Å². The zero-order chi connectivity index (χ0) is 50.8. The maximum atomic E-state index is 14.2. The molecular formula is C69H44F3N3. The zero-order valence-corrected chi connectivity index (χ0v) is 40.6. The molecule has 75 heavy (non-hydrogen) atoms. The Bertz CT molecular complexity index is 4200. The van der Waals surface area contributed by atoms with Crippen LogP contribution in [0.5, 0.6) is 0 Å². The van der Waals surface area contributed by atoms with E-state index in [1.54, 1.807) is 13.0 Å². The van der Waals surface area contributed by atoms with E-state index in [1.165, 1.54) is 6.07 Å². The molecule has 0 radical (unpaired) electrons. The van der Waals surface area contributed by atoms with E-state index in [0.29, 0.717) is 22.4 Å². The van der Waals surface area contributed by atoms with Gasteiger partial charge in [0.1, 0.15) is 0 Å². The lowest BCUT2D eigenvalue weighted by Crippen LogP contribution is -2.05. The standard InChI is InChI=1S/C69H44F3N3/c1-44-38-54(69(70,71)72)31-32-55(44)53-30-37-66(74-62-33-26-49(45-16-7-3-8-17-45)39-56(62)57-40-50(27-34-63(57)74)46-18-9-4-10-19-46)60(43-53)68-61(73-2)24-15-25-67(68)75-64-35-28-51(47-20-11-5-12-21-47)41-58(64)59-42-52(29-36-65(59)75)48-22-13-6-14-23-48/h3-43H,1H3. The Kier molecular flexibility index (Phi) is 10.9. The summed E-state index contributed by atoms with van der Waals surface area (Å²) in [5, 5.41) is 4.23. The maximum absolute atomic E-state index is 14.2. The van der Waals surface area contributed by atoms with Crippen molar-refractivity contribution >= 4 is 49.3 Å². The summed E-state index contributed by atoms with van der Waals surface area (Å²) in [6.07, 6.45) is -4.49. The van der Waals surface area contributed by atoms with Crippen LogP contribution in [-0.2, 0) is 6.18 Å². The van der Waals surface area contributed by atoms with Gasteiger partial charge in [0, 0.05) is 32.8 Å². The van der Waals surface area contributed by atoms with Crippen LogP contribution in [0.4, 0.5) is 18.9 Å². The van der Waals surface area contributed by atoms with E-state index in [9.17, 15) is 13.2 Å². The molecule has 356 valence electrons. The second kappa shape index (κ2) is 18.1. The fourth-order valence-electron chi connectivity index (χ4n) is 11.2. The summed E-state index contributed by atoms with van der Waals surface area (Å²) >= 11 is 0. The second-order valence-electron chi connectivity index (χ2n) is 19.1. The van der Waals surface area contributed by atoms with E-state index in [1.807, 2.05) is 42.5 Å². The Morgan fingerprint density at radius 2 is 0.747 bits per heavy atom. The summed E-state index contributed by atoms with van der Waals surface area (Å²) < 4.78 is 47.1. The predicted octanol–water partition coefficient (Wildman–Crippen LogP) is 19.8. The third kappa shape index (κ3) is 7.85. The quantitative estimate of drug-likeness (QED) is 0.135. The van der Waals surface area contributed by atoms with Gasteiger partial charge in [0.15, 0.2) is 5.69 Å². The average molecular weight is 972 g/mol. The van der Waals surface area contributed by atoms with Crippen LogP contribution in [-0.4, -0.2) is 9.13 Å². The van der Waals surface area contributed by atoms with Crippen molar-refractivity contribution in [2.24, 2.45) is 0 Å². The molecule has 2 aromatic heterocycles. The molecule has 0 N–H and O–H groups in total. The Balaban J connectivity index is 1.12. The van der Waals surface area contributed by atoms with Crippen molar-refractivity contribution in [3.05, 3.63) is 271 Å². The number of fused-ring (bicyclic) bond motifs is 6. The van der Waals surface area contributed by atoms with Crippen molar-refractivity contribution in [1.29, 1.82) is 0 Å². The largest absolute Gasteiger partial charge is 0.416 e. The van der Waals surface area contributed by atoms with E-state index in [4.69, 9.17) is 6.57 Å². The van der Waals surface area contributed by atoms with Crippen molar-refractivity contribution in [3.8, 4) is 78.1 Å². The molecule has 0 spiro atoms. The lowest BCUT2D eigenvalue weighted by atomic mass is 9.92. The Morgan fingerprint density at radius 3 is 1.13 bits per heavy atom. The molecule has 0 aliphatic heterocycles. The van der Waals surface area contributed by atoms with Crippen molar-refractivity contribution in [1.82, 2.24) is 9.13 Å². The molecule has 6 heteroatoms. The first kappa shape index (κ1) is 45.2. The summed E-state index contributed by atoms with van der Waals surface area (Å²) in [7, 11) is 0. The summed E-state index contributed by atoms with van der Waals surface area (Å²) in [5.41, 5.74) is 17.3. The van der Waals surface area contributed by atoms with Gasteiger partial charge in [-0.25, -0.2) is 4.85 Å². The smallest absolute Gasteiger partial charge is 0.310 e. The number of aryl methyl sites for hydroxylation is 1. The summed E-state index contributed by atoms with van der Waals surface area (Å²) in [4.78, 5) is 4.28. The molecule has 0 saturated carbocycles. The van der Waals surface area contributed by atoms with Gasteiger partial charge in [0.25, 0.3) is 0 Å². The minimum absolute atomic E-state index is 0.436. The minimum atomic E-state index is -4.49. The van der Waals surface area contributed by atoms with E-state index >= 15 is 0 Å². The molecule has 0 atom stereocenters. The first-order valence-electron chi connectivity index (χ1n) is 24.9. The number of aromatic nitrogens is 2. The summed E-state index contributed by atoms with van der Waals surface area (Å²) in [6, 6.07) is 83.9.